The van der Waals surface area contributed by atoms with Gasteiger partial charge >= 0.3 is 0 Å². The zero-order valence-electron chi connectivity index (χ0n) is 16.4. The Balaban J connectivity index is 1.81. The maximum Gasteiger partial charge on any atom is 0.265 e. The van der Waals surface area contributed by atoms with E-state index in [1.54, 1.807) is 18.0 Å². The molecule has 0 aliphatic rings. The van der Waals surface area contributed by atoms with Crippen molar-refractivity contribution >= 4 is 17.5 Å². The zero-order valence-corrected chi connectivity index (χ0v) is 16.4. The fourth-order valence-corrected chi connectivity index (χ4v) is 2.52. The smallest absolute Gasteiger partial charge is 0.265 e. The minimum Gasteiger partial charge on any atom is -0.496 e. The van der Waals surface area contributed by atoms with Gasteiger partial charge in [0.15, 0.2) is 5.84 Å². The third-order valence-electron chi connectivity index (χ3n) is 4.07. The summed E-state index contributed by atoms with van der Waals surface area (Å²) in [6.07, 6.45) is 0. The molecule has 0 amide bonds. The summed E-state index contributed by atoms with van der Waals surface area (Å²) in [5, 5.41) is 3.72. The predicted molar refractivity (Wildman–Crippen MR) is 113 cm³/mol. The molecule has 154 valence electrons. The molecule has 0 fully saturated rings. The van der Waals surface area contributed by atoms with Gasteiger partial charge in [0, 0.05) is 12.7 Å². The summed E-state index contributed by atoms with van der Waals surface area (Å²) in [6, 6.07) is 13.8. The number of hydrogen-bond donors (Lipinski definition) is 2. The Kier molecular flexibility index (Phi) is 6.06. The molecule has 30 heavy (non-hydrogen) atoms. The summed E-state index contributed by atoms with van der Waals surface area (Å²) in [5.74, 6) is -0.493. The number of halogens is 1. The van der Waals surface area contributed by atoms with Crippen LogP contribution < -0.4 is 21.1 Å². The van der Waals surface area contributed by atoms with Gasteiger partial charge in [-0.3, -0.25) is 0 Å². The van der Waals surface area contributed by atoms with E-state index in [-0.39, 0.29) is 34.8 Å². The lowest BCUT2D eigenvalue weighted by Gasteiger charge is -2.18. The summed E-state index contributed by atoms with van der Waals surface area (Å²) in [7, 11) is 3.19. The number of nitrogens with zero attached hydrogens (tertiary/aromatic N) is 5. The first-order valence-electron chi connectivity index (χ1n) is 8.73. The van der Waals surface area contributed by atoms with E-state index in [4.69, 9.17) is 20.7 Å². The standard InChI is InChI=1S/C20H20FN7O2/c1-12(28(2)13-8-5-4-6-9-13)24-20(23)25-17(22)18-26-19(30-27-18)16-14(21)10-7-11-15(16)29-3/h4-11H,1H2,2-3H3,(H4,22,23,24,25). The van der Waals surface area contributed by atoms with E-state index in [0.717, 1.165) is 5.69 Å². The van der Waals surface area contributed by atoms with Crippen LogP contribution in [0.25, 0.3) is 11.5 Å². The average molecular weight is 409 g/mol. The Morgan fingerprint density at radius 3 is 2.57 bits per heavy atom. The molecular weight excluding hydrogens is 389 g/mol. The van der Waals surface area contributed by atoms with Crippen LogP contribution in [0.1, 0.15) is 5.82 Å². The normalized spacial score (nSPS) is 12.0. The van der Waals surface area contributed by atoms with Gasteiger partial charge in [0.1, 0.15) is 23.0 Å². The van der Waals surface area contributed by atoms with Crippen LogP contribution in [0.4, 0.5) is 10.1 Å². The van der Waals surface area contributed by atoms with Crippen LogP contribution in [-0.2, 0) is 0 Å². The van der Waals surface area contributed by atoms with Crippen molar-refractivity contribution in [1.82, 2.24) is 10.1 Å². The highest BCUT2D eigenvalue weighted by molar-refractivity contribution is 6.02. The van der Waals surface area contributed by atoms with Crippen molar-refractivity contribution in [3.8, 4) is 17.2 Å². The molecule has 0 unspecified atom stereocenters. The molecule has 2 aromatic carbocycles. The Hall–Kier alpha value is -4.21. The minimum atomic E-state index is -0.582. The Morgan fingerprint density at radius 2 is 1.87 bits per heavy atom. The molecule has 0 aliphatic heterocycles. The van der Waals surface area contributed by atoms with Crippen LogP contribution in [0.15, 0.2) is 75.4 Å². The largest absolute Gasteiger partial charge is 0.496 e. The second kappa shape index (κ2) is 8.86. The van der Waals surface area contributed by atoms with Crippen LogP contribution in [0.2, 0.25) is 0 Å². The molecule has 3 rings (SSSR count). The molecule has 1 heterocycles. The van der Waals surface area contributed by atoms with E-state index in [0.29, 0.717) is 5.82 Å². The lowest BCUT2D eigenvalue weighted by Crippen LogP contribution is -2.22. The van der Waals surface area contributed by atoms with Crippen LogP contribution >= 0.6 is 0 Å². The molecule has 0 bridgehead atoms. The SMILES string of the molecule is C=C(/N=C(N)\N=C(/N)c1noc(-c2c(F)cccc2OC)n1)N(C)c1ccccc1. The van der Waals surface area contributed by atoms with E-state index in [9.17, 15) is 4.39 Å². The summed E-state index contributed by atoms with van der Waals surface area (Å²) in [4.78, 5) is 13.9. The number of amidine groups is 1. The monoisotopic (exact) mass is 409 g/mol. The van der Waals surface area contributed by atoms with Crippen molar-refractivity contribution in [2.45, 2.75) is 0 Å². The third kappa shape index (κ3) is 4.43. The molecule has 0 radical (unpaired) electrons. The number of para-hydroxylation sites is 1. The molecule has 0 saturated carbocycles. The van der Waals surface area contributed by atoms with Gasteiger partial charge in [-0.05, 0) is 24.3 Å². The Labute approximate surface area is 172 Å². The van der Waals surface area contributed by atoms with Crippen molar-refractivity contribution in [1.29, 1.82) is 0 Å². The topological polar surface area (TPSA) is 128 Å². The maximum atomic E-state index is 14.2. The van der Waals surface area contributed by atoms with E-state index in [1.807, 2.05) is 30.3 Å². The predicted octanol–water partition coefficient (Wildman–Crippen LogP) is 2.51. The highest BCUT2D eigenvalue weighted by Gasteiger charge is 2.19. The van der Waals surface area contributed by atoms with E-state index in [2.05, 4.69) is 26.7 Å². The molecule has 0 aliphatic carbocycles. The van der Waals surface area contributed by atoms with Gasteiger partial charge in [-0.2, -0.15) is 15.0 Å². The van der Waals surface area contributed by atoms with Gasteiger partial charge in [-0.1, -0.05) is 36.0 Å². The molecule has 1 aromatic heterocycles. The second-order valence-corrected chi connectivity index (χ2v) is 6.02. The number of methoxy groups -OCH3 is 1. The highest BCUT2D eigenvalue weighted by atomic mass is 19.1. The first-order valence-corrected chi connectivity index (χ1v) is 8.73. The molecule has 4 N–H and O–H groups in total. The first kappa shape index (κ1) is 20.5. The number of benzene rings is 2. The molecule has 0 saturated heterocycles. The van der Waals surface area contributed by atoms with Crippen molar-refractivity contribution < 1.29 is 13.7 Å². The van der Waals surface area contributed by atoms with Gasteiger partial charge in [-0.25, -0.2) is 4.39 Å². The molecule has 0 spiro atoms. The zero-order chi connectivity index (χ0) is 21.7. The fraction of sp³-hybridized carbons (Fsp3) is 0.100. The number of rotatable bonds is 6. The number of ether oxygens (including phenoxy) is 1. The number of anilines is 1. The van der Waals surface area contributed by atoms with E-state index in [1.165, 1.54) is 19.2 Å². The van der Waals surface area contributed by atoms with Crippen LogP contribution in [-0.4, -0.2) is 36.1 Å². The van der Waals surface area contributed by atoms with Crippen LogP contribution in [0.5, 0.6) is 5.75 Å². The summed E-state index contributed by atoms with van der Waals surface area (Å²) < 4.78 is 24.4. The average Bonchev–Trinajstić information content (AvgIpc) is 3.23. The number of nitrogens with two attached hydrogens (primary N) is 2. The van der Waals surface area contributed by atoms with Crippen molar-refractivity contribution in [2.24, 2.45) is 21.5 Å². The van der Waals surface area contributed by atoms with Crippen molar-refractivity contribution in [3.63, 3.8) is 0 Å². The van der Waals surface area contributed by atoms with Gasteiger partial charge in [0.25, 0.3) is 5.89 Å². The fourth-order valence-electron chi connectivity index (χ4n) is 2.52. The summed E-state index contributed by atoms with van der Waals surface area (Å²) >= 11 is 0. The maximum absolute atomic E-state index is 14.2. The summed E-state index contributed by atoms with van der Waals surface area (Å²) in [6.45, 7) is 3.87. The van der Waals surface area contributed by atoms with Gasteiger partial charge in [0.05, 0.1) is 7.11 Å². The summed E-state index contributed by atoms with van der Waals surface area (Å²) in [5.41, 5.74) is 12.6. The number of aliphatic imine (C=N–C) groups is 2. The van der Waals surface area contributed by atoms with Crippen molar-refractivity contribution in [3.05, 3.63) is 72.6 Å². The Morgan fingerprint density at radius 1 is 1.13 bits per heavy atom. The third-order valence-corrected chi connectivity index (χ3v) is 4.07. The molecule has 10 heteroatoms. The van der Waals surface area contributed by atoms with E-state index >= 15 is 0 Å². The van der Waals surface area contributed by atoms with Gasteiger partial charge in [0.2, 0.25) is 11.8 Å². The van der Waals surface area contributed by atoms with Crippen molar-refractivity contribution in [2.75, 3.05) is 19.1 Å². The quantitative estimate of drug-likeness (QED) is 0.473. The lowest BCUT2D eigenvalue weighted by atomic mass is 10.2. The second-order valence-electron chi connectivity index (χ2n) is 6.02. The van der Waals surface area contributed by atoms with Crippen LogP contribution in [0.3, 0.4) is 0 Å². The lowest BCUT2D eigenvalue weighted by molar-refractivity contribution is 0.400. The minimum absolute atomic E-state index is 0.0195. The molecular formula is C20H20FN7O2. The molecule has 3 aromatic rings. The number of aromatic nitrogens is 2. The Bertz CT molecular complexity index is 1110. The van der Waals surface area contributed by atoms with Gasteiger partial charge in [-0.15, -0.1) is 0 Å². The molecule has 0 atom stereocenters. The highest BCUT2D eigenvalue weighted by Crippen LogP contribution is 2.31. The molecule has 9 nitrogen and oxygen atoms in total. The van der Waals surface area contributed by atoms with Gasteiger partial charge < -0.3 is 25.6 Å². The van der Waals surface area contributed by atoms with Crippen LogP contribution in [0, 0.1) is 5.82 Å². The number of guanidine groups is 1. The number of hydrogen-bond acceptors (Lipinski definition) is 6. The first-order chi connectivity index (χ1) is 14.4. The van der Waals surface area contributed by atoms with E-state index < -0.39 is 5.82 Å².